The van der Waals surface area contributed by atoms with Crippen LogP contribution in [0.3, 0.4) is 0 Å². The first-order valence-electron chi connectivity index (χ1n) is 11.4. The van der Waals surface area contributed by atoms with Crippen LogP contribution in [0.25, 0.3) is 28.0 Å². The van der Waals surface area contributed by atoms with E-state index in [1.165, 1.54) is 6.92 Å². The van der Waals surface area contributed by atoms with Crippen LogP contribution in [-0.2, 0) is 0 Å². The molecule has 33 heavy (non-hydrogen) atoms. The van der Waals surface area contributed by atoms with Gasteiger partial charge in [-0.1, -0.05) is 36.4 Å². The van der Waals surface area contributed by atoms with Crippen molar-refractivity contribution in [3.8, 4) is 22.4 Å². The zero-order valence-electron chi connectivity index (χ0n) is 18.6. The summed E-state index contributed by atoms with van der Waals surface area (Å²) >= 11 is 0. The maximum absolute atomic E-state index is 12.5. The summed E-state index contributed by atoms with van der Waals surface area (Å²) in [5, 5.41) is 13.9. The fraction of sp³-hybridized carbons (Fsp3) is 0.308. The Kier molecular flexibility index (Phi) is 5.64. The van der Waals surface area contributed by atoms with Gasteiger partial charge in [-0.15, -0.1) is 0 Å². The molecule has 3 heterocycles. The van der Waals surface area contributed by atoms with Crippen molar-refractivity contribution in [2.24, 2.45) is 5.92 Å². The number of benzene rings is 1. The highest BCUT2D eigenvalue weighted by molar-refractivity contribution is 6.00. The van der Waals surface area contributed by atoms with Crippen molar-refractivity contribution < 1.29 is 9.90 Å². The van der Waals surface area contributed by atoms with Gasteiger partial charge in [0.15, 0.2) is 11.4 Å². The monoisotopic (exact) mass is 441 g/mol. The molecule has 0 radical (unpaired) electrons. The van der Waals surface area contributed by atoms with E-state index in [2.05, 4.69) is 10.1 Å². The van der Waals surface area contributed by atoms with Gasteiger partial charge in [-0.05, 0) is 44.6 Å². The van der Waals surface area contributed by atoms with Crippen LogP contribution in [0, 0.1) is 5.92 Å². The predicted molar refractivity (Wildman–Crippen MR) is 128 cm³/mol. The van der Waals surface area contributed by atoms with Crippen molar-refractivity contribution >= 4 is 17.2 Å². The number of aliphatic hydroxyl groups is 1. The molecule has 0 bridgehead atoms. The second-order valence-corrected chi connectivity index (χ2v) is 8.81. The molecule has 1 saturated carbocycles. The number of carbonyl (C=O) groups excluding carboxylic acids is 1. The number of hydrogen-bond donors (Lipinski definition) is 2. The van der Waals surface area contributed by atoms with Gasteiger partial charge in [0.25, 0.3) is 0 Å². The molecule has 0 spiro atoms. The van der Waals surface area contributed by atoms with Gasteiger partial charge in [0, 0.05) is 35.4 Å². The fourth-order valence-corrected chi connectivity index (χ4v) is 4.84. The number of aromatic nitrogens is 4. The second kappa shape index (κ2) is 8.75. The third-order valence-electron chi connectivity index (χ3n) is 6.70. The number of nitrogens with two attached hydrogens (primary N) is 1. The van der Waals surface area contributed by atoms with Gasteiger partial charge in [0.2, 0.25) is 0 Å². The number of nitrogen functional groups attached to an aromatic ring is 1. The van der Waals surface area contributed by atoms with E-state index in [4.69, 9.17) is 10.7 Å². The summed E-state index contributed by atoms with van der Waals surface area (Å²) in [6.45, 7) is 1.73. The summed E-state index contributed by atoms with van der Waals surface area (Å²) in [5.74, 6) is 0.683. The number of anilines is 1. The summed E-state index contributed by atoms with van der Waals surface area (Å²) in [6.07, 6.45) is 7.15. The third kappa shape index (κ3) is 3.89. The molecule has 0 aliphatic heterocycles. The van der Waals surface area contributed by atoms with Gasteiger partial charge in [-0.2, -0.15) is 9.61 Å². The van der Waals surface area contributed by atoms with Crippen molar-refractivity contribution in [1.29, 1.82) is 0 Å². The van der Waals surface area contributed by atoms with Crippen LogP contribution in [-0.4, -0.2) is 37.1 Å². The van der Waals surface area contributed by atoms with Gasteiger partial charge >= 0.3 is 0 Å². The minimum absolute atomic E-state index is 0.105. The highest BCUT2D eigenvalue weighted by Gasteiger charge is 2.29. The number of aliphatic hydroxyl groups excluding tert-OH is 1. The molecule has 1 aliphatic rings. The van der Waals surface area contributed by atoms with E-state index in [1.54, 1.807) is 10.7 Å². The number of Topliss-reactive ketones (excluding diaryl/α,β-unsaturated/α-hetero) is 1. The summed E-state index contributed by atoms with van der Waals surface area (Å²) in [4.78, 5) is 22.1. The number of fused-ring (bicyclic) bond motifs is 1. The van der Waals surface area contributed by atoms with E-state index < -0.39 is 0 Å². The van der Waals surface area contributed by atoms with E-state index in [9.17, 15) is 9.90 Å². The molecule has 7 nitrogen and oxygen atoms in total. The first-order valence-corrected chi connectivity index (χ1v) is 11.4. The Hall–Kier alpha value is -3.58. The number of rotatable bonds is 5. The van der Waals surface area contributed by atoms with E-state index in [0.29, 0.717) is 22.9 Å². The van der Waals surface area contributed by atoms with Gasteiger partial charge < -0.3 is 10.8 Å². The van der Waals surface area contributed by atoms with Crippen molar-refractivity contribution in [3.63, 3.8) is 0 Å². The average molecular weight is 442 g/mol. The maximum Gasteiger partial charge on any atom is 0.165 e. The highest BCUT2D eigenvalue weighted by atomic mass is 16.3. The van der Waals surface area contributed by atoms with Crippen LogP contribution in [0.4, 0.5) is 5.82 Å². The van der Waals surface area contributed by atoms with Crippen molar-refractivity contribution in [2.45, 2.75) is 38.5 Å². The first kappa shape index (κ1) is 21.3. The summed E-state index contributed by atoms with van der Waals surface area (Å²) in [7, 11) is 0. The van der Waals surface area contributed by atoms with Gasteiger partial charge in [-0.3, -0.25) is 9.78 Å². The Morgan fingerprint density at radius 2 is 1.82 bits per heavy atom. The van der Waals surface area contributed by atoms with Crippen LogP contribution in [0.2, 0.25) is 0 Å². The number of nitrogens with zero attached hydrogens (tertiary/aromatic N) is 4. The van der Waals surface area contributed by atoms with Gasteiger partial charge in [0.1, 0.15) is 5.82 Å². The van der Waals surface area contributed by atoms with Gasteiger partial charge in [-0.25, -0.2) is 4.98 Å². The summed E-state index contributed by atoms with van der Waals surface area (Å²) in [6, 6.07) is 14.0. The zero-order valence-corrected chi connectivity index (χ0v) is 18.6. The minimum atomic E-state index is -0.105. The van der Waals surface area contributed by atoms with Crippen molar-refractivity contribution in [3.05, 3.63) is 66.1 Å². The third-order valence-corrected chi connectivity index (χ3v) is 6.70. The first-order chi connectivity index (χ1) is 16.1. The lowest BCUT2D eigenvalue weighted by molar-refractivity contribution is 0.101. The quantitative estimate of drug-likeness (QED) is 0.441. The molecule has 4 aromatic rings. The van der Waals surface area contributed by atoms with E-state index in [0.717, 1.165) is 53.8 Å². The zero-order chi connectivity index (χ0) is 22.9. The SMILES string of the molecule is CC(=O)c1c(C2CCC(CO)CC2)nc2c(-c3ccc(-c4ccccc4)nc3)cnn2c1N. The number of carbonyl (C=O) groups is 1. The molecular weight excluding hydrogens is 414 g/mol. The largest absolute Gasteiger partial charge is 0.396 e. The summed E-state index contributed by atoms with van der Waals surface area (Å²) in [5.41, 5.74) is 12.0. The molecule has 168 valence electrons. The molecule has 0 amide bonds. The Balaban J connectivity index is 1.57. The Bertz CT molecular complexity index is 1290. The minimum Gasteiger partial charge on any atom is -0.396 e. The Morgan fingerprint density at radius 3 is 2.45 bits per heavy atom. The molecule has 0 saturated heterocycles. The number of hydrogen-bond acceptors (Lipinski definition) is 6. The standard InChI is InChI=1S/C26H27N5O2/c1-16(33)23-24(19-9-7-17(15-32)8-10-19)30-26-21(14-29-31(26)25(23)27)20-11-12-22(28-13-20)18-5-3-2-4-6-18/h2-6,11-14,17,19,32H,7-10,15,27H2,1H3. The molecule has 3 aromatic heterocycles. The van der Waals surface area contributed by atoms with Crippen molar-refractivity contribution in [2.75, 3.05) is 12.3 Å². The lowest BCUT2D eigenvalue weighted by Gasteiger charge is -2.28. The fourth-order valence-electron chi connectivity index (χ4n) is 4.84. The molecule has 7 heteroatoms. The molecule has 1 fully saturated rings. The van der Waals surface area contributed by atoms with Crippen LogP contribution < -0.4 is 5.73 Å². The van der Waals surface area contributed by atoms with Crippen LogP contribution >= 0.6 is 0 Å². The normalized spacial score (nSPS) is 18.5. The summed E-state index contributed by atoms with van der Waals surface area (Å²) < 4.78 is 1.56. The molecule has 3 N–H and O–H groups in total. The molecule has 1 aliphatic carbocycles. The average Bonchev–Trinajstić information content (AvgIpc) is 3.29. The molecule has 5 rings (SSSR count). The molecule has 0 atom stereocenters. The Labute approximate surface area is 192 Å². The van der Waals surface area contributed by atoms with Crippen LogP contribution in [0.15, 0.2) is 54.9 Å². The van der Waals surface area contributed by atoms with E-state index in [1.807, 2.05) is 48.7 Å². The highest BCUT2D eigenvalue weighted by Crippen LogP contribution is 2.39. The molecule has 0 unspecified atom stereocenters. The van der Waals surface area contributed by atoms with E-state index in [-0.39, 0.29) is 18.3 Å². The second-order valence-electron chi connectivity index (χ2n) is 8.81. The lowest BCUT2D eigenvalue weighted by Crippen LogP contribution is -2.21. The molecule has 1 aromatic carbocycles. The van der Waals surface area contributed by atoms with E-state index >= 15 is 0 Å². The van der Waals surface area contributed by atoms with Gasteiger partial charge in [0.05, 0.1) is 23.1 Å². The predicted octanol–water partition coefficient (Wildman–Crippen LogP) is 4.51. The van der Waals surface area contributed by atoms with Crippen LogP contribution in [0.5, 0.6) is 0 Å². The smallest absolute Gasteiger partial charge is 0.165 e. The Morgan fingerprint density at radius 1 is 1.06 bits per heavy atom. The number of pyridine rings is 1. The molecular formula is C26H27N5O2. The topological polar surface area (TPSA) is 106 Å². The number of ketones is 1. The maximum atomic E-state index is 12.5. The lowest BCUT2D eigenvalue weighted by atomic mass is 9.79. The van der Waals surface area contributed by atoms with Crippen molar-refractivity contribution in [1.82, 2.24) is 19.6 Å². The van der Waals surface area contributed by atoms with Crippen LogP contribution in [0.1, 0.15) is 54.6 Å².